The molecule has 19 heavy (non-hydrogen) atoms. The predicted molar refractivity (Wildman–Crippen MR) is 72.0 cm³/mol. The third-order valence-corrected chi connectivity index (χ3v) is 3.01. The van der Waals surface area contributed by atoms with Crippen molar-refractivity contribution in [2.45, 2.75) is 13.0 Å². The molecule has 0 aliphatic heterocycles. The number of hydrogen-bond donors (Lipinski definition) is 1. The van der Waals surface area contributed by atoms with Crippen LogP contribution < -0.4 is 5.32 Å². The Morgan fingerprint density at radius 1 is 1.32 bits per heavy atom. The van der Waals surface area contributed by atoms with Crippen LogP contribution in [0.3, 0.4) is 0 Å². The first-order valence-electron chi connectivity index (χ1n) is 6.12. The second-order valence-corrected chi connectivity index (χ2v) is 4.27. The molecular formula is C15H17NO3. The number of nitrogens with one attached hydrogen (secondary N) is 1. The Hall–Kier alpha value is -2.07. The van der Waals surface area contributed by atoms with Gasteiger partial charge in [-0.15, -0.1) is 0 Å². The van der Waals surface area contributed by atoms with Crippen molar-refractivity contribution >= 4 is 5.91 Å². The number of rotatable bonds is 5. The summed E-state index contributed by atoms with van der Waals surface area (Å²) in [6.07, 6.45) is 1.31. The molecule has 100 valence electrons. The molecule has 0 aliphatic rings. The lowest BCUT2D eigenvalue weighted by Crippen LogP contribution is -2.29. The van der Waals surface area contributed by atoms with Crippen LogP contribution in [0, 0.1) is 6.92 Å². The Balaban J connectivity index is 2.01. The van der Waals surface area contributed by atoms with Gasteiger partial charge in [-0.05, 0) is 30.2 Å². The zero-order valence-corrected chi connectivity index (χ0v) is 11.1. The molecule has 4 nitrogen and oxygen atoms in total. The maximum atomic E-state index is 11.8. The van der Waals surface area contributed by atoms with Crippen LogP contribution in [0.25, 0.3) is 0 Å². The lowest BCUT2D eigenvalue weighted by atomic mass is 10.0. The topological polar surface area (TPSA) is 51.5 Å². The van der Waals surface area contributed by atoms with E-state index in [0.717, 1.165) is 11.1 Å². The number of carbonyl (C=O) groups is 1. The maximum absolute atomic E-state index is 11.8. The normalized spacial score (nSPS) is 12.1. The lowest BCUT2D eigenvalue weighted by molar-refractivity contribution is 0.0805. The predicted octanol–water partition coefficient (Wildman–Crippen LogP) is 2.71. The molecule has 4 heteroatoms. The highest BCUT2D eigenvalue weighted by molar-refractivity contribution is 5.91. The largest absolute Gasteiger partial charge is 0.459 e. The van der Waals surface area contributed by atoms with Gasteiger partial charge in [-0.1, -0.05) is 24.3 Å². The minimum Gasteiger partial charge on any atom is -0.459 e. The first kappa shape index (κ1) is 13.4. The maximum Gasteiger partial charge on any atom is 0.287 e. The SMILES string of the molecule is CO[C@@H](CNC(=O)c1ccco1)c1ccccc1C. The van der Waals surface area contributed by atoms with Gasteiger partial charge in [0.15, 0.2) is 5.76 Å². The van der Waals surface area contributed by atoms with E-state index in [0.29, 0.717) is 12.3 Å². The highest BCUT2D eigenvalue weighted by atomic mass is 16.5. The van der Waals surface area contributed by atoms with Gasteiger partial charge >= 0.3 is 0 Å². The van der Waals surface area contributed by atoms with Crippen LogP contribution in [0.4, 0.5) is 0 Å². The van der Waals surface area contributed by atoms with Gasteiger partial charge in [0, 0.05) is 13.7 Å². The summed E-state index contributed by atoms with van der Waals surface area (Å²) in [7, 11) is 1.64. The number of hydrogen-bond acceptors (Lipinski definition) is 3. The number of aryl methyl sites for hydroxylation is 1. The molecule has 0 fully saturated rings. The summed E-state index contributed by atoms with van der Waals surface area (Å²) in [6.45, 7) is 2.43. The highest BCUT2D eigenvalue weighted by Gasteiger charge is 2.15. The molecule has 2 rings (SSSR count). The van der Waals surface area contributed by atoms with Gasteiger partial charge in [0.25, 0.3) is 5.91 Å². The molecule has 0 saturated carbocycles. The first-order valence-corrected chi connectivity index (χ1v) is 6.12. The van der Waals surface area contributed by atoms with Crippen LogP contribution in [-0.4, -0.2) is 19.6 Å². The van der Waals surface area contributed by atoms with E-state index in [1.54, 1.807) is 19.2 Å². The fourth-order valence-corrected chi connectivity index (χ4v) is 1.95. The summed E-state index contributed by atoms with van der Waals surface area (Å²) in [5.41, 5.74) is 2.21. The van der Waals surface area contributed by atoms with E-state index in [2.05, 4.69) is 5.32 Å². The average molecular weight is 259 g/mol. The Morgan fingerprint density at radius 3 is 2.74 bits per heavy atom. The molecule has 0 spiro atoms. The number of furan rings is 1. The van der Waals surface area contributed by atoms with Crippen molar-refractivity contribution in [1.29, 1.82) is 0 Å². The summed E-state index contributed by atoms with van der Waals surface area (Å²) in [6, 6.07) is 11.3. The fourth-order valence-electron chi connectivity index (χ4n) is 1.95. The number of benzene rings is 1. The molecule has 1 amide bonds. The molecular weight excluding hydrogens is 242 g/mol. The Morgan fingerprint density at radius 2 is 2.11 bits per heavy atom. The summed E-state index contributed by atoms with van der Waals surface area (Å²) in [5, 5.41) is 2.80. The van der Waals surface area contributed by atoms with Crippen molar-refractivity contribution in [3.8, 4) is 0 Å². The van der Waals surface area contributed by atoms with Gasteiger partial charge in [0.1, 0.15) is 0 Å². The Bertz CT molecular complexity index is 534. The summed E-state index contributed by atoms with van der Waals surface area (Å²) in [5.74, 6) is 0.0697. The molecule has 0 unspecified atom stereocenters. The second kappa shape index (κ2) is 6.20. The van der Waals surface area contributed by atoms with Crippen LogP contribution in [-0.2, 0) is 4.74 Å². The van der Waals surface area contributed by atoms with Crippen molar-refractivity contribution < 1.29 is 13.9 Å². The molecule has 1 heterocycles. The zero-order valence-electron chi connectivity index (χ0n) is 11.1. The zero-order chi connectivity index (χ0) is 13.7. The quantitative estimate of drug-likeness (QED) is 0.898. The van der Waals surface area contributed by atoms with E-state index in [4.69, 9.17) is 9.15 Å². The van der Waals surface area contributed by atoms with E-state index >= 15 is 0 Å². The van der Waals surface area contributed by atoms with Gasteiger partial charge < -0.3 is 14.5 Å². The minimum absolute atomic E-state index is 0.167. The molecule has 0 bridgehead atoms. The fraction of sp³-hybridized carbons (Fsp3) is 0.267. The van der Waals surface area contributed by atoms with Crippen molar-refractivity contribution in [3.05, 3.63) is 59.5 Å². The van der Waals surface area contributed by atoms with Gasteiger partial charge in [0.05, 0.1) is 12.4 Å². The van der Waals surface area contributed by atoms with Crippen LogP contribution in [0.15, 0.2) is 47.1 Å². The molecule has 1 aromatic heterocycles. The standard InChI is InChI=1S/C15H17NO3/c1-11-6-3-4-7-12(11)14(18-2)10-16-15(17)13-8-5-9-19-13/h3-9,14H,10H2,1-2H3,(H,16,17)/t14-/m0/s1. The average Bonchev–Trinajstić information content (AvgIpc) is 2.95. The minimum atomic E-state index is -0.236. The molecule has 1 N–H and O–H groups in total. The highest BCUT2D eigenvalue weighted by Crippen LogP contribution is 2.19. The summed E-state index contributed by atoms with van der Waals surface area (Å²) in [4.78, 5) is 11.8. The van der Waals surface area contributed by atoms with Crippen LogP contribution in [0.2, 0.25) is 0 Å². The summed E-state index contributed by atoms with van der Waals surface area (Å²) >= 11 is 0. The second-order valence-electron chi connectivity index (χ2n) is 4.27. The Labute approximate surface area is 112 Å². The molecule has 0 radical (unpaired) electrons. The van der Waals surface area contributed by atoms with E-state index in [1.165, 1.54) is 6.26 Å². The molecule has 1 aromatic carbocycles. The molecule has 0 aliphatic carbocycles. The first-order chi connectivity index (χ1) is 9.22. The molecule has 1 atom stereocenters. The van der Waals surface area contributed by atoms with E-state index < -0.39 is 0 Å². The smallest absolute Gasteiger partial charge is 0.287 e. The van der Waals surface area contributed by atoms with Crippen molar-refractivity contribution in [2.75, 3.05) is 13.7 Å². The van der Waals surface area contributed by atoms with E-state index in [-0.39, 0.29) is 12.0 Å². The number of amides is 1. The number of methoxy groups -OCH3 is 1. The van der Waals surface area contributed by atoms with Gasteiger partial charge in [0.2, 0.25) is 0 Å². The molecule has 2 aromatic rings. The Kier molecular flexibility index (Phi) is 4.36. The van der Waals surface area contributed by atoms with Crippen LogP contribution >= 0.6 is 0 Å². The number of carbonyl (C=O) groups excluding carboxylic acids is 1. The van der Waals surface area contributed by atoms with Crippen molar-refractivity contribution in [1.82, 2.24) is 5.32 Å². The lowest BCUT2D eigenvalue weighted by Gasteiger charge is -2.18. The molecule has 0 saturated heterocycles. The van der Waals surface area contributed by atoms with Gasteiger partial charge in [-0.25, -0.2) is 0 Å². The van der Waals surface area contributed by atoms with E-state index in [9.17, 15) is 4.79 Å². The van der Waals surface area contributed by atoms with Crippen LogP contribution in [0.1, 0.15) is 27.8 Å². The van der Waals surface area contributed by atoms with Gasteiger partial charge in [-0.3, -0.25) is 4.79 Å². The van der Waals surface area contributed by atoms with Crippen molar-refractivity contribution in [2.24, 2.45) is 0 Å². The van der Waals surface area contributed by atoms with Crippen LogP contribution in [0.5, 0.6) is 0 Å². The third kappa shape index (κ3) is 3.23. The van der Waals surface area contributed by atoms with Crippen molar-refractivity contribution in [3.63, 3.8) is 0 Å². The monoisotopic (exact) mass is 259 g/mol. The summed E-state index contributed by atoms with van der Waals surface area (Å²) < 4.78 is 10.5. The third-order valence-electron chi connectivity index (χ3n) is 3.01. The van der Waals surface area contributed by atoms with E-state index in [1.807, 2.05) is 31.2 Å². The van der Waals surface area contributed by atoms with Gasteiger partial charge in [-0.2, -0.15) is 0 Å². The number of ether oxygens (including phenoxy) is 1.